The second-order valence-electron chi connectivity index (χ2n) is 2.56. The lowest BCUT2D eigenvalue weighted by molar-refractivity contribution is 0.521. The minimum Gasteiger partial charge on any atom is -0.330 e. The van der Waals surface area contributed by atoms with Gasteiger partial charge in [0.15, 0.2) is 0 Å². The molecule has 0 spiro atoms. The molecule has 0 aliphatic carbocycles. The van der Waals surface area contributed by atoms with E-state index in [0.29, 0.717) is 0 Å². The minimum atomic E-state index is 0.769. The first kappa shape index (κ1) is 8.70. The molecular weight excluding hydrogens is 110 g/mol. The summed E-state index contributed by atoms with van der Waals surface area (Å²) in [5.41, 5.74) is 5.35. The Morgan fingerprint density at radius 2 is 2.33 bits per heavy atom. The number of hydrogen-bond donors (Lipinski definition) is 1. The Labute approximate surface area is 57.9 Å². The molecule has 0 saturated carbocycles. The highest BCUT2D eigenvalue weighted by atomic mass is 14.5. The average Bonchev–Trinajstić information content (AvgIpc) is 1.85. The van der Waals surface area contributed by atoms with Crippen LogP contribution in [0.1, 0.15) is 26.2 Å². The SMILES string of the molecule is C=CCC(C)CCCN. The van der Waals surface area contributed by atoms with Gasteiger partial charge in [0.2, 0.25) is 0 Å². The Bertz CT molecular complexity index is 69.0. The molecule has 1 atom stereocenters. The monoisotopic (exact) mass is 127 g/mol. The molecule has 0 rings (SSSR count). The lowest BCUT2D eigenvalue weighted by Gasteiger charge is -2.05. The molecule has 0 heterocycles. The quantitative estimate of drug-likeness (QED) is 0.561. The smallest absolute Gasteiger partial charge is 0.00772 e. The number of rotatable bonds is 5. The van der Waals surface area contributed by atoms with Gasteiger partial charge in [-0.05, 0) is 31.7 Å². The number of allylic oxidation sites excluding steroid dienone is 1. The van der Waals surface area contributed by atoms with Gasteiger partial charge in [-0.25, -0.2) is 0 Å². The molecule has 0 aromatic heterocycles. The predicted octanol–water partition coefficient (Wildman–Crippen LogP) is 1.94. The Morgan fingerprint density at radius 1 is 1.67 bits per heavy atom. The van der Waals surface area contributed by atoms with Crippen LogP contribution < -0.4 is 5.73 Å². The van der Waals surface area contributed by atoms with E-state index in [1.807, 2.05) is 6.08 Å². The lowest BCUT2D eigenvalue weighted by atomic mass is 10.0. The van der Waals surface area contributed by atoms with Crippen molar-refractivity contribution < 1.29 is 0 Å². The fourth-order valence-corrected chi connectivity index (χ4v) is 0.869. The van der Waals surface area contributed by atoms with E-state index < -0.39 is 0 Å². The summed E-state index contributed by atoms with van der Waals surface area (Å²) in [6, 6.07) is 0. The molecule has 0 aliphatic heterocycles. The van der Waals surface area contributed by atoms with Gasteiger partial charge >= 0.3 is 0 Å². The molecule has 0 fully saturated rings. The largest absolute Gasteiger partial charge is 0.330 e. The standard InChI is InChI=1S/C8H17N/c1-3-5-8(2)6-4-7-9/h3,8H,1,4-7,9H2,2H3. The summed E-state index contributed by atoms with van der Waals surface area (Å²) in [5, 5.41) is 0. The maximum Gasteiger partial charge on any atom is -0.00772 e. The highest BCUT2D eigenvalue weighted by molar-refractivity contribution is 4.70. The van der Waals surface area contributed by atoms with E-state index in [4.69, 9.17) is 5.73 Å². The Morgan fingerprint density at radius 3 is 2.78 bits per heavy atom. The van der Waals surface area contributed by atoms with E-state index >= 15 is 0 Å². The van der Waals surface area contributed by atoms with Crippen molar-refractivity contribution >= 4 is 0 Å². The predicted molar refractivity (Wildman–Crippen MR) is 42.3 cm³/mol. The van der Waals surface area contributed by atoms with Crippen LogP contribution in [-0.2, 0) is 0 Å². The van der Waals surface area contributed by atoms with E-state index in [0.717, 1.165) is 25.3 Å². The zero-order valence-electron chi connectivity index (χ0n) is 6.27. The maximum atomic E-state index is 5.35. The van der Waals surface area contributed by atoms with Crippen LogP contribution in [0.4, 0.5) is 0 Å². The number of nitrogens with two attached hydrogens (primary N) is 1. The van der Waals surface area contributed by atoms with Gasteiger partial charge in [-0.15, -0.1) is 6.58 Å². The summed E-state index contributed by atoms with van der Waals surface area (Å²) in [7, 11) is 0. The van der Waals surface area contributed by atoms with E-state index in [2.05, 4.69) is 13.5 Å². The van der Waals surface area contributed by atoms with Crippen LogP contribution in [0, 0.1) is 5.92 Å². The van der Waals surface area contributed by atoms with E-state index in [1.165, 1.54) is 6.42 Å². The fraction of sp³-hybridized carbons (Fsp3) is 0.750. The zero-order chi connectivity index (χ0) is 7.11. The number of hydrogen-bond acceptors (Lipinski definition) is 1. The van der Waals surface area contributed by atoms with Gasteiger partial charge in [0, 0.05) is 0 Å². The molecule has 0 aromatic rings. The van der Waals surface area contributed by atoms with Crippen LogP contribution in [0.2, 0.25) is 0 Å². The van der Waals surface area contributed by atoms with Crippen molar-refractivity contribution in [3.05, 3.63) is 12.7 Å². The van der Waals surface area contributed by atoms with Crippen molar-refractivity contribution in [2.24, 2.45) is 11.7 Å². The Balaban J connectivity index is 3.04. The minimum absolute atomic E-state index is 0.769. The van der Waals surface area contributed by atoms with E-state index in [1.54, 1.807) is 0 Å². The first-order chi connectivity index (χ1) is 4.31. The molecule has 0 saturated heterocycles. The normalized spacial score (nSPS) is 13.1. The molecule has 1 heteroatoms. The van der Waals surface area contributed by atoms with Crippen molar-refractivity contribution in [1.82, 2.24) is 0 Å². The van der Waals surface area contributed by atoms with Gasteiger partial charge in [0.25, 0.3) is 0 Å². The third kappa shape index (κ3) is 5.57. The van der Waals surface area contributed by atoms with Gasteiger partial charge in [0.1, 0.15) is 0 Å². The molecule has 1 nitrogen and oxygen atoms in total. The van der Waals surface area contributed by atoms with Gasteiger partial charge in [-0.1, -0.05) is 13.0 Å². The summed E-state index contributed by atoms with van der Waals surface area (Å²) >= 11 is 0. The second kappa shape index (κ2) is 5.83. The molecule has 9 heavy (non-hydrogen) atoms. The molecule has 0 bridgehead atoms. The molecule has 0 radical (unpaired) electrons. The molecule has 0 aliphatic rings. The van der Waals surface area contributed by atoms with Gasteiger partial charge in [-0.2, -0.15) is 0 Å². The molecule has 1 unspecified atom stereocenters. The van der Waals surface area contributed by atoms with Crippen molar-refractivity contribution in [3.8, 4) is 0 Å². The van der Waals surface area contributed by atoms with Gasteiger partial charge < -0.3 is 5.73 Å². The highest BCUT2D eigenvalue weighted by Gasteiger charge is 1.96. The third-order valence-electron chi connectivity index (χ3n) is 1.47. The van der Waals surface area contributed by atoms with Crippen LogP contribution >= 0.6 is 0 Å². The van der Waals surface area contributed by atoms with Crippen molar-refractivity contribution in [1.29, 1.82) is 0 Å². The molecule has 54 valence electrons. The van der Waals surface area contributed by atoms with Crippen LogP contribution in [0.5, 0.6) is 0 Å². The first-order valence-corrected chi connectivity index (χ1v) is 3.62. The van der Waals surface area contributed by atoms with Crippen LogP contribution in [0.25, 0.3) is 0 Å². The van der Waals surface area contributed by atoms with Crippen LogP contribution in [-0.4, -0.2) is 6.54 Å². The highest BCUT2D eigenvalue weighted by Crippen LogP contribution is 2.08. The second-order valence-corrected chi connectivity index (χ2v) is 2.56. The Hall–Kier alpha value is -0.300. The van der Waals surface area contributed by atoms with Crippen molar-refractivity contribution in [2.45, 2.75) is 26.2 Å². The van der Waals surface area contributed by atoms with Crippen molar-refractivity contribution in [3.63, 3.8) is 0 Å². The van der Waals surface area contributed by atoms with Crippen LogP contribution in [0.15, 0.2) is 12.7 Å². The van der Waals surface area contributed by atoms with Crippen molar-refractivity contribution in [2.75, 3.05) is 6.54 Å². The zero-order valence-corrected chi connectivity index (χ0v) is 6.27. The first-order valence-electron chi connectivity index (χ1n) is 3.62. The molecule has 2 N–H and O–H groups in total. The van der Waals surface area contributed by atoms with Crippen LogP contribution in [0.3, 0.4) is 0 Å². The summed E-state index contributed by atoms with van der Waals surface area (Å²) in [6.07, 6.45) is 5.48. The maximum absolute atomic E-state index is 5.35. The summed E-state index contributed by atoms with van der Waals surface area (Å²) in [5.74, 6) is 0.769. The summed E-state index contributed by atoms with van der Waals surface area (Å²) in [4.78, 5) is 0. The lowest BCUT2D eigenvalue weighted by Crippen LogP contribution is -2.01. The third-order valence-corrected chi connectivity index (χ3v) is 1.47. The van der Waals surface area contributed by atoms with E-state index in [-0.39, 0.29) is 0 Å². The Kier molecular flexibility index (Phi) is 5.64. The average molecular weight is 127 g/mol. The topological polar surface area (TPSA) is 26.0 Å². The fourth-order valence-electron chi connectivity index (χ4n) is 0.869. The molecule has 0 aromatic carbocycles. The summed E-state index contributed by atoms with van der Waals surface area (Å²) < 4.78 is 0. The van der Waals surface area contributed by atoms with Gasteiger partial charge in [-0.3, -0.25) is 0 Å². The van der Waals surface area contributed by atoms with E-state index in [9.17, 15) is 0 Å². The molecular formula is C8H17N. The summed E-state index contributed by atoms with van der Waals surface area (Å²) in [6.45, 7) is 6.73. The molecule has 0 amide bonds. The van der Waals surface area contributed by atoms with Gasteiger partial charge in [0.05, 0.1) is 0 Å².